The molecule has 0 spiro atoms. The van der Waals surface area contributed by atoms with Gasteiger partial charge in [0.1, 0.15) is 11.3 Å². The van der Waals surface area contributed by atoms with Gasteiger partial charge in [-0.2, -0.15) is 0 Å². The van der Waals surface area contributed by atoms with Gasteiger partial charge < -0.3 is 19.6 Å². The van der Waals surface area contributed by atoms with E-state index in [1.54, 1.807) is 24.4 Å². The molecule has 1 saturated heterocycles. The number of hydrogen-bond donors (Lipinski definition) is 1. The van der Waals surface area contributed by atoms with E-state index in [0.29, 0.717) is 30.0 Å². The number of carboxylic acids is 1. The number of ether oxygens (including phenoxy) is 1. The number of likely N-dealkylation sites (N-methyl/N-ethyl adjacent to an activating group) is 1. The molecule has 0 radical (unpaired) electrons. The largest absolute Gasteiger partial charge is 0.493 e. The summed E-state index contributed by atoms with van der Waals surface area (Å²) in [6, 6.07) is 7.34. The zero-order chi connectivity index (χ0) is 18.7. The van der Waals surface area contributed by atoms with E-state index in [0.717, 1.165) is 25.2 Å². The Bertz CT molecular complexity index is 796. The van der Waals surface area contributed by atoms with Crippen molar-refractivity contribution >= 4 is 11.9 Å². The molecule has 1 fully saturated rings. The van der Waals surface area contributed by atoms with Crippen LogP contribution in [0.4, 0.5) is 5.95 Å². The number of anilines is 1. The molecule has 0 bridgehead atoms. The van der Waals surface area contributed by atoms with Gasteiger partial charge in [-0.15, -0.1) is 0 Å². The molecule has 0 saturated carbocycles. The number of aromatic carboxylic acids is 1. The molecule has 1 atom stereocenters. The van der Waals surface area contributed by atoms with E-state index in [2.05, 4.69) is 33.7 Å². The Morgan fingerprint density at radius 1 is 1.35 bits per heavy atom. The molecular weight excluding hydrogens is 332 g/mol. The van der Waals surface area contributed by atoms with Crippen LogP contribution >= 0.6 is 0 Å². The van der Waals surface area contributed by atoms with Crippen LogP contribution in [0.3, 0.4) is 0 Å². The Labute approximate surface area is 153 Å². The van der Waals surface area contributed by atoms with E-state index in [9.17, 15) is 9.90 Å². The highest BCUT2D eigenvalue weighted by atomic mass is 16.5. The summed E-state index contributed by atoms with van der Waals surface area (Å²) < 4.78 is 5.40. The van der Waals surface area contributed by atoms with Crippen LogP contribution in [-0.4, -0.2) is 65.3 Å². The van der Waals surface area contributed by atoms with Crippen LogP contribution in [0.2, 0.25) is 0 Å². The van der Waals surface area contributed by atoms with Gasteiger partial charge in [0.2, 0.25) is 5.95 Å². The SMILES string of the molecule is CCOc1ccc(-c2ccnc(N3CCN(C)[C@@H](C)C3)n2)cc1C(=O)O. The average molecular weight is 356 g/mol. The Morgan fingerprint density at radius 3 is 2.85 bits per heavy atom. The lowest BCUT2D eigenvalue weighted by Gasteiger charge is -2.37. The Balaban J connectivity index is 1.90. The predicted octanol–water partition coefficient (Wildman–Crippen LogP) is 2.38. The van der Waals surface area contributed by atoms with Gasteiger partial charge in [-0.1, -0.05) is 0 Å². The molecule has 138 valence electrons. The fourth-order valence-electron chi connectivity index (χ4n) is 3.03. The Kier molecular flexibility index (Phi) is 5.37. The van der Waals surface area contributed by atoms with Gasteiger partial charge in [0.25, 0.3) is 0 Å². The van der Waals surface area contributed by atoms with Crippen molar-refractivity contribution < 1.29 is 14.6 Å². The van der Waals surface area contributed by atoms with Crippen LogP contribution in [-0.2, 0) is 0 Å². The molecule has 2 aromatic rings. The minimum absolute atomic E-state index is 0.137. The zero-order valence-electron chi connectivity index (χ0n) is 15.3. The molecule has 1 N–H and O–H groups in total. The van der Waals surface area contributed by atoms with Gasteiger partial charge in [0, 0.05) is 37.4 Å². The van der Waals surface area contributed by atoms with Crippen molar-refractivity contribution in [3.05, 3.63) is 36.0 Å². The molecule has 0 aliphatic carbocycles. The van der Waals surface area contributed by atoms with E-state index in [-0.39, 0.29) is 5.56 Å². The van der Waals surface area contributed by atoms with Crippen LogP contribution in [0.5, 0.6) is 5.75 Å². The van der Waals surface area contributed by atoms with E-state index in [1.165, 1.54) is 0 Å². The van der Waals surface area contributed by atoms with Gasteiger partial charge in [0.15, 0.2) is 0 Å². The molecule has 1 aliphatic heterocycles. The first-order valence-electron chi connectivity index (χ1n) is 8.78. The molecule has 1 aliphatic rings. The van der Waals surface area contributed by atoms with Gasteiger partial charge in [-0.3, -0.25) is 0 Å². The maximum Gasteiger partial charge on any atom is 0.339 e. The normalized spacial score (nSPS) is 18.0. The number of nitrogens with zero attached hydrogens (tertiary/aromatic N) is 4. The predicted molar refractivity (Wildman–Crippen MR) is 99.9 cm³/mol. The summed E-state index contributed by atoms with van der Waals surface area (Å²) in [5.74, 6) is 0.0246. The standard InChI is InChI=1S/C19H24N4O3/c1-4-26-17-6-5-14(11-15(17)18(24)25)16-7-8-20-19(21-16)23-10-9-22(3)13(2)12-23/h5-8,11,13H,4,9-10,12H2,1-3H3,(H,24,25)/t13-/m0/s1. The molecule has 2 heterocycles. The highest BCUT2D eigenvalue weighted by Gasteiger charge is 2.23. The first kappa shape index (κ1) is 18.1. The van der Waals surface area contributed by atoms with Crippen LogP contribution in [0.25, 0.3) is 11.3 Å². The van der Waals surface area contributed by atoms with Crippen LogP contribution in [0.1, 0.15) is 24.2 Å². The van der Waals surface area contributed by atoms with Gasteiger partial charge in [-0.05, 0) is 45.2 Å². The van der Waals surface area contributed by atoms with Crippen molar-refractivity contribution in [2.24, 2.45) is 0 Å². The summed E-state index contributed by atoms with van der Waals surface area (Å²) >= 11 is 0. The average Bonchev–Trinajstić information content (AvgIpc) is 2.64. The number of piperazine rings is 1. The molecule has 1 aromatic carbocycles. The lowest BCUT2D eigenvalue weighted by atomic mass is 10.1. The molecule has 1 aromatic heterocycles. The van der Waals surface area contributed by atoms with E-state index in [1.807, 2.05) is 13.0 Å². The van der Waals surface area contributed by atoms with Gasteiger partial charge in [0.05, 0.1) is 12.3 Å². The first-order chi connectivity index (χ1) is 12.5. The van der Waals surface area contributed by atoms with Crippen molar-refractivity contribution in [2.75, 3.05) is 38.2 Å². The second-order valence-corrected chi connectivity index (χ2v) is 6.47. The quantitative estimate of drug-likeness (QED) is 0.881. The van der Waals surface area contributed by atoms with Crippen LogP contribution < -0.4 is 9.64 Å². The van der Waals surface area contributed by atoms with Crippen molar-refractivity contribution in [3.8, 4) is 17.0 Å². The van der Waals surface area contributed by atoms with Crippen molar-refractivity contribution in [1.29, 1.82) is 0 Å². The minimum Gasteiger partial charge on any atom is -0.493 e. The maximum absolute atomic E-state index is 11.5. The monoisotopic (exact) mass is 356 g/mol. The highest BCUT2D eigenvalue weighted by Crippen LogP contribution is 2.27. The molecule has 7 heteroatoms. The number of aromatic nitrogens is 2. The summed E-state index contributed by atoms with van der Waals surface area (Å²) in [5, 5.41) is 9.45. The summed E-state index contributed by atoms with van der Waals surface area (Å²) in [6.07, 6.45) is 1.72. The Morgan fingerprint density at radius 2 is 2.15 bits per heavy atom. The molecular formula is C19H24N4O3. The molecule has 0 amide bonds. The second-order valence-electron chi connectivity index (χ2n) is 6.47. The van der Waals surface area contributed by atoms with Gasteiger partial charge in [-0.25, -0.2) is 14.8 Å². The molecule has 0 unspecified atom stereocenters. The fraction of sp³-hybridized carbons (Fsp3) is 0.421. The van der Waals surface area contributed by atoms with E-state index < -0.39 is 5.97 Å². The summed E-state index contributed by atoms with van der Waals surface area (Å²) in [5.41, 5.74) is 1.57. The fourth-order valence-corrected chi connectivity index (χ4v) is 3.03. The summed E-state index contributed by atoms with van der Waals surface area (Å²) in [7, 11) is 2.12. The van der Waals surface area contributed by atoms with Crippen molar-refractivity contribution in [1.82, 2.24) is 14.9 Å². The molecule has 3 rings (SSSR count). The summed E-state index contributed by atoms with van der Waals surface area (Å²) in [6.45, 7) is 7.12. The number of benzene rings is 1. The maximum atomic E-state index is 11.5. The number of carboxylic acid groups (broad SMARTS) is 1. The number of hydrogen-bond acceptors (Lipinski definition) is 6. The molecule has 26 heavy (non-hydrogen) atoms. The second kappa shape index (κ2) is 7.70. The van der Waals surface area contributed by atoms with Crippen LogP contribution in [0, 0.1) is 0 Å². The van der Waals surface area contributed by atoms with E-state index in [4.69, 9.17) is 4.74 Å². The van der Waals surface area contributed by atoms with Crippen molar-refractivity contribution in [2.45, 2.75) is 19.9 Å². The number of carbonyl (C=O) groups is 1. The lowest BCUT2D eigenvalue weighted by Crippen LogP contribution is -2.50. The topological polar surface area (TPSA) is 78.8 Å². The van der Waals surface area contributed by atoms with Crippen molar-refractivity contribution in [3.63, 3.8) is 0 Å². The summed E-state index contributed by atoms with van der Waals surface area (Å²) in [4.78, 5) is 25.1. The third-order valence-electron chi connectivity index (χ3n) is 4.69. The van der Waals surface area contributed by atoms with Crippen LogP contribution in [0.15, 0.2) is 30.5 Å². The third kappa shape index (κ3) is 3.77. The zero-order valence-corrected chi connectivity index (χ0v) is 15.3. The minimum atomic E-state index is -1.02. The first-order valence-corrected chi connectivity index (χ1v) is 8.78. The number of rotatable bonds is 5. The van der Waals surface area contributed by atoms with Gasteiger partial charge >= 0.3 is 5.97 Å². The smallest absolute Gasteiger partial charge is 0.339 e. The Hall–Kier alpha value is -2.67. The van der Waals surface area contributed by atoms with E-state index >= 15 is 0 Å². The third-order valence-corrected chi connectivity index (χ3v) is 4.69. The lowest BCUT2D eigenvalue weighted by molar-refractivity contribution is 0.0692. The molecule has 7 nitrogen and oxygen atoms in total. The highest BCUT2D eigenvalue weighted by molar-refractivity contribution is 5.92.